The van der Waals surface area contributed by atoms with Crippen molar-refractivity contribution in [3.05, 3.63) is 60.9 Å². The van der Waals surface area contributed by atoms with E-state index in [-0.39, 0.29) is 12.5 Å². The molecule has 174 valence electrons. The van der Waals surface area contributed by atoms with Crippen LogP contribution in [0.4, 0.5) is 5.82 Å². The maximum Gasteiger partial charge on any atom is 0.260 e. The third-order valence-corrected chi connectivity index (χ3v) is 5.65. The summed E-state index contributed by atoms with van der Waals surface area (Å²) in [7, 11) is 0. The Morgan fingerprint density at radius 1 is 0.912 bits per heavy atom. The summed E-state index contributed by atoms with van der Waals surface area (Å²) in [5.74, 6) is 2.17. The first-order chi connectivity index (χ1) is 16.7. The minimum atomic E-state index is -0.0298. The van der Waals surface area contributed by atoms with E-state index >= 15 is 0 Å². The minimum absolute atomic E-state index is 0.0260. The highest BCUT2D eigenvalue weighted by atomic mass is 16.5. The molecule has 0 bridgehead atoms. The van der Waals surface area contributed by atoms with Gasteiger partial charge in [0, 0.05) is 26.2 Å². The molecule has 1 aliphatic heterocycles. The molecule has 1 fully saturated rings. The monoisotopic (exact) mass is 459 g/mol. The molecule has 1 aliphatic rings. The molecule has 0 N–H and O–H groups in total. The zero-order chi connectivity index (χ0) is 23.3. The molecule has 0 atom stereocenters. The lowest BCUT2D eigenvalue weighted by Crippen LogP contribution is -2.50. The zero-order valence-corrected chi connectivity index (χ0v) is 18.9. The predicted octanol–water partition coefficient (Wildman–Crippen LogP) is 2.34. The van der Waals surface area contributed by atoms with Crippen LogP contribution in [0.3, 0.4) is 0 Å². The van der Waals surface area contributed by atoms with E-state index in [0.717, 1.165) is 17.3 Å². The SMILES string of the molecule is CCOc1ccc(-n2nnc3c(N4CCN(C(=O)COc5ccccc5)CC4)ncnc32)cc1. The third kappa shape index (κ3) is 4.47. The number of ether oxygens (including phenoxy) is 2. The van der Waals surface area contributed by atoms with E-state index in [4.69, 9.17) is 9.47 Å². The first kappa shape index (κ1) is 21.6. The molecule has 3 heterocycles. The fourth-order valence-electron chi connectivity index (χ4n) is 3.91. The number of fused-ring (bicyclic) bond motifs is 1. The molecule has 4 aromatic rings. The number of hydrogen-bond acceptors (Lipinski definition) is 8. The van der Waals surface area contributed by atoms with Crippen LogP contribution in [0.25, 0.3) is 16.9 Å². The van der Waals surface area contributed by atoms with Crippen molar-refractivity contribution in [3.63, 3.8) is 0 Å². The summed E-state index contributed by atoms with van der Waals surface area (Å²) in [6.07, 6.45) is 1.53. The maximum atomic E-state index is 12.6. The Labute approximate surface area is 196 Å². The van der Waals surface area contributed by atoms with Gasteiger partial charge >= 0.3 is 0 Å². The normalized spacial score (nSPS) is 13.8. The van der Waals surface area contributed by atoms with Crippen molar-refractivity contribution >= 4 is 22.9 Å². The molecule has 5 rings (SSSR count). The molecule has 0 saturated carbocycles. The van der Waals surface area contributed by atoms with Gasteiger partial charge in [-0.3, -0.25) is 4.79 Å². The van der Waals surface area contributed by atoms with Crippen LogP contribution in [0.2, 0.25) is 0 Å². The van der Waals surface area contributed by atoms with E-state index in [1.54, 1.807) is 4.68 Å². The number of aromatic nitrogens is 5. The topological polar surface area (TPSA) is 98.5 Å². The van der Waals surface area contributed by atoms with Gasteiger partial charge in [0.2, 0.25) is 0 Å². The number of nitrogens with zero attached hydrogens (tertiary/aromatic N) is 7. The second-order valence-electron chi connectivity index (χ2n) is 7.77. The molecule has 34 heavy (non-hydrogen) atoms. The van der Waals surface area contributed by atoms with E-state index in [0.29, 0.717) is 49.7 Å². The summed E-state index contributed by atoms with van der Waals surface area (Å²) < 4.78 is 12.8. The molecule has 1 amide bonds. The number of anilines is 1. The lowest BCUT2D eigenvalue weighted by atomic mass is 10.3. The largest absolute Gasteiger partial charge is 0.494 e. The fourth-order valence-corrected chi connectivity index (χ4v) is 3.91. The van der Waals surface area contributed by atoms with Gasteiger partial charge in [0.1, 0.15) is 17.8 Å². The Balaban J connectivity index is 1.26. The number of piperazine rings is 1. The van der Waals surface area contributed by atoms with Crippen molar-refractivity contribution in [3.8, 4) is 17.2 Å². The van der Waals surface area contributed by atoms with Crippen molar-refractivity contribution in [2.24, 2.45) is 0 Å². The Hall–Kier alpha value is -4.21. The van der Waals surface area contributed by atoms with Gasteiger partial charge in [0.15, 0.2) is 23.6 Å². The van der Waals surface area contributed by atoms with Gasteiger partial charge in [-0.25, -0.2) is 9.97 Å². The number of carbonyl (C=O) groups excluding carboxylic acids is 1. The molecule has 0 unspecified atom stereocenters. The average Bonchev–Trinajstić information content (AvgIpc) is 3.33. The van der Waals surface area contributed by atoms with Crippen LogP contribution in [0, 0.1) is 0 Å². The van der Waals surface area contributed by atoms with Gasteiger partial charge in [0.25, 0.3) is 5.91 Å². The quantitative estimate of drug-likeness (QED) is 0.415. The van der Waals surface area contributed by atoms with Gasteiger partial charge in [-0.05, 0) is 43.3 Å². The molecule has 10 heteroatoms. The second-order valence-corrected chi connectivity index (χ2v) is 7.77. The number of rotatable bonds is 7. The highest BCUT2D eigenvalue weighted by molar-refractivity contribution is 5.84. The van der Waals surface area contributed by atoms with Crippen LogP contribution in [0.5, 0.6) is 11.5 Å². The molecule has 1 saturated heterocycles. The summed E-state index contributed by atoms with van der Waals surface area (Å²) in [6, 6.07) is 17.0. The van der Waals surface area contributed by atoms with Crippen molar-refractivity contribution < 1.29 is 14.3 Å². The average molecular weight is 460 g/mol. The van der Waals surface area contributed by atoms with Crippen LogP contribution in [0.1, 0.15) is 6.92 Å². The first-order valence-electron chi connectivity index (χ1n) is 11.2. The number of benzene rings is 2. The predicted molar refractivity (Wildman–Crippen MR) is 126 cm³/mol. The smallest absolute Gasteiger partial charge is 0.260 e. The van der Waals surface area contributed by atoms with Crippen LogP contribution in [-0.4, -0.2) is 75.2 Å². The van der Waals surface area contributed by atoms with E-state index in [9.17, 15) is 4.79 Å². The summed E-state index contributed by atoms with van der Waals surface area (Å²) in [6.45, 7) is 5.02. The number of carbonyl (C=O) groups is 1. The molecule has 0 spiro atoms. The maximum absolute atomic E-state index is 12.6. The summed E-state index contributed by atoms with van der Waals surface area (Å²) in [5, 5.41) is 8.67. The lowest BCUT2D eigenvalue weighted by Gasteiger charge is -2.35. The van der Waals surface area contributed by atoms with Gasteiger partial charge in [-0.2, -0.15) is 4.68 Å². The summed E-state index contributed by atoms with van der Waals surface area (Å²) in [4.78, 5) is 25.4. The summed E-state index contributed by atoms with van der Waals surface area (Å²) in [5.41, 5.74) is 2.09. The van der Waals surface area contributed by atoms with Crippen LogP contribution < -0.4 is 14.4 Å². The van der Waals surface area contributed by atoms with Crippen molar-refractivity contribution in [2.75, 3.05) is 44.3 Å². The molecule has 10 nitrogen and oxygen atoms in total. The van der Waals surface area contributed by atoms with E-state index < -0.39 is 0 Å². The molecular formula is C24H25N7O3. The van der Waals surface area contributed by atoms with Crippen LogP contribution in [0.15, 0.2) is 60.9 Å². The molecular weight excluding hydrogens is 434 g/mol. The first-order valence-corrected chi connectivity index (χ1v) is 11.2. The Morgan fingerprint density at radius 3 is 2.38 bits per heavy atom. The highest BCUT2D eigenvalue weighted by Crippen LogP contribution is 2.24. The fraction of sp³-hybridized carbons (Fsp3) is 0.292. The van der Waals surface area contributed by atoms with Gasteiger partial charge in [0.05, 0.1) is 12.3 Å². The van der Waals surface area contributed by atoms with Gasteiger partial charge < -0.3 is 19.3 Å². The molecule has 0 radical (unpaired) electrons. The van der Waals surface area contributed by atoms with Crippen LogP contribution in [-0.2, 0) is 4.79 Å². The van der Waals surface area contributed by atoms with Crippen LogP contribution >= 0.6 is 0 Å². The van der Waals surface area contributed by atoms with Gasteiger partial charge in [-0.1, -0.05) is 23.4 Å². The highest BCUT2D eigenvalue weighted by Gasteiger charge is 2.25. The van der Waals surface area contributed by atoms with E-state index in [1.807, 2.05) is 66.4 Å². The third-order valence-electron chi connectivity index (χ3n) is 5.65. The lowest BCUT2D eigenvalue weighted by molar-refractivity contribution is -0.133. The Morgan fingerprint density at radius 2 is 1.65 bits per heavy atom. The Kier molecular flexibility index (Phi) is 6.19. The Bertz CT molecular complexity index is 1250. The molecule has 0 aliphatic carbocycles. The van der Waals surface area contributed by atoms with E-state index in [2.05, 4.69) is 25.2 Å². The van der Waals surface area contributed by atoms with Crippen molar-refractivity contribution in [1.82, 2.24) is 29.9 Å². The van der Waals surface area contributed by atoms with Crippen molar-refractivity contribution in [2.45, 2.75) is 6.92 Å². The zero-order valence-electron chi connectivity index (χ0n) is 18.9. The summed E-state index contributed by atoms with van der Waals surface area (Å²) >= 11 is 0. The number of amides is 1. The second kappa shape index (κ2) is 9.74. The molecule has 2 aromatic heterocycles. The van der Waals surface area contributed by atoms with Gasteiger partial charge in [-0.15, -0.1) is 5.10 Å². The standard InChI is InChI=1S/C24H25N7O3/c1-2-33-20-10-8-18(9-11-20)31-24-22(27-28-31)23(25-17-26-24)30-14-12-29(13-15-30)21(32)16-34-19-6-4-3-5-7-19/h3-11,17H,2,12-16H2,1H3. The number of hydrogen-bond donors (Lipinski definition) is 0. The van der Waals surface area contributed by atoms with Crippen molar-refractivity contribution in [1.29, 1.82) is 0 Å². The number of para-hydroxylation sites is 1. The van der Waals surface area contributed by atoms with E-state index in [1.165, 1.54) is 6.33 Å². The minimum Gasteiger partial charge on any atom is -0.494 e. The molecule has 2 aromatic carbocycles.